The fourth-order valence-electron chi connectivity index (χ4n) is 4.18. The molecule has 0 aromatic carbocycles. The lowest BCUT2D eigenvalue weighted by molar-refractivity contribution is -0.440. The molecule has 48 heavy (non-hydrogen) atoms. The first-order chi connectivity index (χ1) is 21.7. The molecule has 3 atom stereocenters. The number of hydrogen-bond donors (Lipinski definition) is 1. The Bertz CT molecular complexity index is 1640. The van der Waals surface area contributed by atoms with Crippen LogP contribution in [0.2, 0.25) is 0 Å². The second-order valence-electron chi connectivity index (χ2n) is 10.1. The van der Waals surface area contributed by atoms with Gasteiger partial charge >= 0.3 is 53.4 Å². The molecule has 0 amide bonds. The van der Waals surface area contributed by atoms with Crippen molar-refractivity contribution in [2.45, 2.75) is 87.5 Å². The van der Waals surface area contributed by atoms with Crippen LogP contribution in [0.1, 0.15) is 32.9 Å². The number of aromatic nitrogens is 5. The average molecular weight is 725 g/mol. The third kappa shape index (κ3) is 6.85. The zero-order chi connectivity index (χ0) is 36.8. The van der Waals surface area contributed by atoms with Crippen LogP contribution in [0, 0.1) is 0 Å². The highest BCUT2D eigenvalue weighted by Crippen LogP contribution is 2.60. The van der Waals surface area contributed by atoms with E-state index in [0.29, 0.717) is 10.8 Å². The van der Waals surface area contributed by atoms with Crippen LogP contribution in [0.5, 0.6) is 0 Å². The summed E-state index contributed by atoms with van der Waals surface area (Å²) in [4.78, 5) is 49.4. The summed E-state index contributed by atoms with van der Waals surface area (Å²) < 4.78 is 190. The molecule has 0 radical (unpaired) electrons. The highest BCUT2D eigenvalue weighted by molar-refractivity contribution is 5.66. The van der Waals surface area contributed by atoms with Gasteiger partial charge in [0.1, 0.15) is 30.7 Å². The van der Waals surface area contributed by atoms with Gasteiger partial charge in [0.05, 0.1) is 11.8 Å². The quantitative estimate of drug-likeness (QED) is 0.256. The van der Waals surface area contributed by atoms with Gasteiger partial charge in [0.2, 0.25) is 0 Å². The summed E-state index contributed by atoms with van der Waals surface area (Å²) in [6.07, 6.45) is -12.6. The number of H-pyrrole nitrogens is 1. The topological polar surface area (TPSA) is 147 Å². The summed E-state index contributed by atoms with van der Waals surface area (Å²) in [6, 6.07) is 0. The van der Waals surface area contributed by atoms with Crippen molar-refractivity contribution >= 4 is 11.9 Å². The number of carbonyl (C=O) groups excluding carboxylic acids is 2. The molecule has 1 fully saturated rings. The van der Waals surface area contributed by atoms with E-state index in [9.17, 15) is 76.3 Å². The molecule has 1 N–H and O–H groups in total. The molecule has 3 heterocycles. The van der Waals surface area contributed by atoms with E-state index in [1.807, 2.05) is 4.98 Å². The highest BCUT2D eigenvalue weighted by atomic mass is 19.4. The molecule has 0 saturated carbocycles. The van der Waals surface area contributed by atoms with Crippen molar-refractivity contribution in [1.29, 1.82) is 0 Å². The van der Waals surface area contributed by atoms with Gasteiger partial charge in [0.15, 0.2) is 0 Å². The minimum atomic E-state index is -8.04. The molecule has 0 spiro atoms. The van der Waals surface area contributed by atoms with E-state index in [2.05, 4.69) is 10.3 Å². The van der Waals surface area contributed by atoms with Crippen molar-refractivity contribution in [3.63, 3.8) is 0 Å². The first-order valence-corrected chi connectivity index (χ1v) is 12.9. The molecule has 1 saturated heterocycles. The van der Waals surface area contributed by atoms with Gasteiger partial charge in [-0.05, 0) is 0 Å². The first-order valence-electron chi connectivity index (χ1n) is 12.9. The fraction of sp³-hybridized carbons (Fsp3) is 0.652. The summed E-state index contributed by atoms with van der Waals surface area (Å²) in [5, 5.41) is 6.51. The molecule has 0 aliphatic carbocycles. The Hall–Kier alpha value is -4.19. The molecule has 0 bridgehead atoms. The highest BCUT2D eigenvalue weighted by Gasteiger charge is 2.90. The molecule has 2 aromatic heterocycles. The van der Waals surface area contributed by atoms with E-state index >= 15 is 0 Å². The summed E-state index contributed by atoms with van der Waals surface area (Å²) in [7, 11) is 0. The van der Waals surface area contributed by atoms with Crippen LogP contribution in [0.3, 0.4) is 0 Å². The molecule has 1 aliphatic rings. The molecule has 25 heteroatoms. The van der Waals surface area contributed by atoms with Crippen LogP contribution in [0.25, 0.3) is 11.3 Å². The lowest BCUT2D eigenvalue weighted by Gasteiger charge is -2.39. The molecule has 12 nitrogen and oxygen atoms in total. The molecular weight excluding hydrogens is 705 g/mol. The van der Waals surface area contributed by atoms with Gasteiger partial charge in [-0.15, -0.1) is 5.10 Å². The van der Waals surface area contributed by atoms with Crippen LogP contribution in [-0.2, 0) is 30.3 Å². The SMILES string of the molecule is CC(=O)OC[C@H]1O[C@@H](n2cc(-c3cn(CCC(F)(F)C(F)(F)C(F)(F)C(F)(F)C(F)(F)C(F)(F)F)nn3)c(=O)[nH]c2=O)C[C@@H]1OC(C)=O. The van der Waals surface area contributed by atoms with Gasteiger partial charge < -0.3 is 14.2 Å². The number of rotatable bonds is 12. The van der Waals surface area contributed by atoms with Crippen molar-refractivity contribution < 1.29 is 80.9 Å². The van der Waals surface area contributed by atoms with E-state index in [1.165, 1.54) is 0 Å². The van der Waals surface area contributed by atoms with Crippen LogP contribution < -0.4 is 11.2 Å². The van der Waals surface area contributed by atoms with E-state index in [4.69, 9.17) is 14.2 Å². The predicted octanol–water partition coefficient (Wildman–Crippen LogP) is 3.71. The number of carbonyl (C=O) groups is 2. The maximum absolute atomic E-state index is 14.2. The number of ether oxygens (including phenoxy) is 3. The van der Waals surface area contributed by atoms with Crippen molar-refractivity contribution in [2.75, 3.05) is 6.61 Å². The number of nitrogens with one attached hydrogen (secondary N) is 1. The monoisotopic (exact) mass is 725 g/mol. The Balaban J connectivity index is 1.85. The third-order valence-electron chi connectivity index (χ3n) is 6.69. The third-order valence-corrected chi connectivity index (χ3v) is 6.69. The summed E-state index contributed by atoms with van der Waals surface area (Å²) in [6.45, 7) is 0.00658. The first kappa shape index (κ1) is 38.3. The fourth-order valence-corrected chi connectivity index (χ4v) is 4.18. The lowest BCUT2D eigenvalue weighted by Crippen LogP contribution is -2.70. The van der Waals surface area contributed by atoms with Gasteiger partial charge in [0.25, 0.3) is 5.56 Å². The van der Waals surface area contributed by atoms with Crippen molar-refractivity contribution in [1.82, 2.24) is 24.5 Å². The zero-order valence-electron chi connectivity index (χ0n) is 23.8. The molecule has 2 aromatic rings. The number of esters is 2. The number of alkyl halides is 13. The summed E-state index contributed by atoms with van der Waals surface area (Å²) in [5.74, 6) is -39.3. The molecular formula is C23H20F13N5O7. The van der Waals surface area contributed by atoms with Crippen LogP contribution in [0.15, 0.2) is 22.0 Å². The predicted molar refractivity (Wildman–Crippen MR) is 126 cm³/mol. The molecule has 3 rings (SSSR count). The van der Waals surface area contributed by atoms with E-state index in [1.54, 1.807) is 0 Å². The smallest absolute Gasteiger partial charge is 0.460 e. The maximum Gasteiger partial charge on any atom is 0.460 e. The Morgan fingerprint density at radius 1 is 0.896 bits per heavy atom. The Morgan fingerprint density at radius 2 is 1.48 bits per heavy atom. The van der Waals surface area contributed by atoms with E-state index in [0.717, 1.165) is 20.0 Å². The van der Waals surface area contributed by atoms with Crippen molar-refractivity contribution in [2.24, 2.45) is 0 Å². The van der Waals surface area contributed by atoms with Gasteiger partial charge in [-0.2, -0.15) is 57.1 Å². The number of aryl methyl sites for hydroxylation is 1. The molecule has 0 unspecified atom stereocenters. The largest absolute Gasteiger partial charge is 0.463 e. The van der Waals surface area contributed by atoms with Crippen molar-refractivity contribution in [3.05, 3.63) is 33.2 Å². The Labute approximate surface area is 256 Å². The second-order valence-corrected chi connectivity index (χ2v) is 10.1. The zero-order valence-corrected chi connectivity index (χ0v) is 23.8. The van der Waals surface area contributed by atoms with E-state index < -0.39 is 108 Å². The number of aromatic amines is 1. The summed E-state index contributed by atoms with van der Waals surface area (Å²) >= 11 is 0. The lowest BCUT2D eigenvalue weighted by atomic mass is 9.92. The average Bonchev–Trinajstić information content (AvgIpc) is 3.56. The Morgan fingerprint density at radius 3 is 2.02 bits per heavy atom. The van der Waals surface area contributed by atoms with Crippen LogP contribution >= 0.6 is 0 Å². The minimum absolute atomic E-state index is 0.159. The van der Waals surface area contributed by atoms with Gasteiger partial charge in [0, 0.05) is 39.4 Å². The minimum Gasteiger partial charge on any atom is -0.463 e. The maximum atomic E-state index is 14.2. The van der Waals surface area contributed by atoms with Crippen LogP contribution in [0.4, 0.5) is 57.1 Å². The van der Waals surface area contributed by atoms with Crippen LogP contribution in [-0.4, -0.2) is 91.1 Å². The normalized spacial score (nSPS) is 19.8. The second kappa shape index (κ2) is 12.7. The standard InChI is InChI=1S/C23H20F13N5O7/c1-9(42)46-8-14-13(47-10(2)43)5-15(48-14)41-6-11(16(44)37-17(41)45)12-7-40(39-38-12)4-3-18(24,25)19(26,27)20(28,29)21(30,31)22(32,33)23(34,35)36/h6-7,13-15H,3-5,8H2,1-2H3,(H,37,44,45)/t13-,14+,15+/m0/s1. The number of nitrogens with zero attached hydrogens (tertiary/aromatic N) is 4. The van der Waals surface area contributed by atoms with Gasteiger partial charge in [-0.25, -0.2) is 4.79 Å². The molecule has 1 aliphatic heterocycles. The molecule has 270 valence electrons. The summed E-state index contributed by atoms with van der Waals surface area (Å²) in [5.41, 5.74) is -3.58. The van der Waals surface area contributed by atoms with E-state index in [-0.39, 0.29) is 11.1 Å². The Kier molecular flexibility index (Phi) is 10.1. The van der Waals surface area contributed by atoms with Gasteiger partial charge in [-0.1, -0.05) is 5.21 Å². The number of halogens is 13. The van der Waals surface area contributed by atoms with Crippen molar-refractivity contribution in [3.8, 4) is 11.3 Å². The number of hydrogen-bond acceptors (Lipinski definition) is 9. The van der Waals surface area contributed by atoms with Gasteiger partial charge in [-0.3, -0.25) is 28.6 Å².